The van der Waals surface area contributed by atoms with Crippen molar-refractivity contribution in [3.8, 4) is 5.75 Å². The number of esters is 1. The van der Waals surface area contributed by atoms with Crippen molar-refractivity contribution in [2.24, 2.45) is 5.41 Å². The molecule has 0 saturated carbocycles. The molecule has 0 saturated heterocycles. The first-order valence-electron chi connectivity index (χ1n) is 10.1. The number of fused-ring (bicyclic) bond motifs is 1. The molecule has 0 aliphatic carbocycles. The molecule has 2 rings (SSSR count). The first-order valence-corrected chi connectivity index (χ1v) is 10.5. The third-order valence-electron chi connectivity index (χ3n) is 4.73. The highest BCUT2D eigenvalue weighted by molar-refractivity contribution is 6.32. The lowest BCUT2D eigenvalue weighted by Crippen LogP contribution is -2.41. The van der Waals surface area contributed by atoms with Crippen molar-refractivity contribution in [3.63, 3.8) is 0 Å². The summed E-state index contributed by atoms with van der Waals surface area (Å²) in [5.74, 6) is -1.53. The zero-order valence-electron chi connectivity index (χ0n) is 19.4. The van der Waals surface area contributed by atoms with E-state index in [0.717, 1.165) is 13.0 Å². The van der Waals surface area contributed by atoms with Gasteiger partial charge in [-0.1, -0.05) is 25.4 Å². The van der Waals surface area contributed by atoms with Crippen molar-refractivity contribution in [1.29, 1.82) is 0 Å². The number of carbonyl (C=O) groups excluding carboxylic acids is 2. The smallest absolute Gasteiger partial charge is 0.475 e. The van der Waals surface area contributed by atoms with Gasteiger partial charge in [0, 0.05) is 22.9 Å². The second kappa shape index (κ2) is 10.6. The summed E-state index contributed by atoms with van der Waals surface area (Å²) in [7, 11) is 0. The molecule has 1 aromatic rings. The summed E-state index contributed by atoms with van der Waals surface area (Å²) in [5.41, 5.74) is -0.739. The Kier molecular flexibility index (Phi) is 8.47. The van der Waals surface area contributed by atoms with Crippen LogP contribution in [-0.4, -0.2) is 49.0 Å². The average molecular weight is 526 g/mol. The fourth-order valence-corrected chi connectivity index (χ4v) is 3.14. The van der Waals surface area contributed by atoms with Crippen LogP contribution in [0.5, 0.6) is 5.75 Å². The predicted octanol–water partition coefficient (Wildman–Crippen LogP) is 4.94. The number of halogens is 4. The second-order valence-corrected chi connectivity index (χ2v) is 8.85. The van der Waals surface area contributed by atoms with Gasteiger partial charge in [-0.15, -0.1) is 10.1 Å². The van der Waals surface area contributed by atoms with Gasteiger partial charge in [-0.2, -0.15) is 13.2 Å². The Bertz CT molecular complexity index is 1040. The molecule has 1 aromatic carbocycles. The molecule has 0 aromatic heterocycles. The molecule has 1 heterocycles. The van der Waals surface area contributed by atoms with Gasteiger partial charge < -0.3 is 23.8 Å². The molecule has 1 aliphatic heterocycles. The number of nitrogens with zero attached hydrogens (tertiary/aromatic N) is 1. The summed E-state index contributed by atoms with van der Waals surface area (Å²) < 4.78 is 60.4. The maximum Gasteiger partial charge on any atom is 0.511 e. The third-order valence-corrected chi connectivity index (χ3v) is 5.31. The number of aryl methyl sites for hydroxylation is 1. The Morgan fingerprint density at radius 3 is 2.43 bits per heavy atom. The van der Waals surface area contributed by atoms with E-state index in [4.69, 9.17) is 30.5 Å². The highest BCUT2D eigenvalue weighted by atomic mass is 35.5. The van der Waals surface area contributed by atoms with Gasteiger partial charge in [0.2, 0.25) is 12.4 Å². The van der Waals surface area contributed by atoms with Crippen LogP contribution in [0.15, 0.2) is 11.6 Å². The van der Waals surface area contributed by atoms with Gasteiger partial charge in [-0.3, -0.25) is 0 Å². The fourth-order valence-electron chi connectivity index (χ4n) is 2.98. The maximum absolute atomic E-state index is 13.6. The van der Waals surface area contributed by atoms with Gasteiger partial charge in [-0.05, 0) is 37.1 Å². The van der Waals surface area contributed by atoms with Crippen molar-refractivity contribution < 1.29 is 51.6 Å². The molecule has 14 heteroatoms. The minimum Gasteiger partial charge on any atom is -0.475 e. The van der Waals surface area contributed by atoms with Gasteiger partial charge in [-0.25, -0.2) is 9.59 Å². The molecule has 10 nitrogen and oxygen atoms in total. The first kappa shape index (κ1) is 28.0. The molecule has 0 radical (unpaired) electrons. The fraction of sp³-hybridized carbons (Fsp3) is 0.524. The van der Waals surface area contributed by atoms with Crippen LogP contribution in [0.25, 0.3) is 6.08 Å². The van der Waals surface area contributed by atoms with Crippen molar-refractivity contribution in [2.45, 2.75) is 53.2 Å². The van der Waals surface area contributed by atoms with E-state index in [2.05, 4.69) is 4.84 Å². The van der Waals surface area contributed by atoms with E-state index in [1.54, 1.807) is 13.8 Å². The van der Waals surface area contributed by atoms with E-state index in [9.17, 15) is 32.9 Å². The van der Waals surface area contributed by atoms with Crippen molar-refractivity contribution in [3.05, 3.63) is 43.5 Å². The number of alkyl halides is 3. The van der Waals surface area contributed by atoms with Crippen molar-refractivity contribution in [1.82, 2.24) is 0 Å². The van der Waals surface area contributed by atoms with E-state index in [1.165, 1.54) is 19.9 Å². The predicted molar refractivity (Wildman–Crippen MR) is 114 cm³/mol. The minimum atomic E-state index is -4.95. The Hall–Kier alpha value is -3.22. The zero-order valence-corrected chi connectivity index (χ0v) is 20.1. The molecule has 0 bridgehead atoms. The standard InChI is InChI=1S/C21H23ClF3NO9/c1-10-6-15-13(11(2)16(10)22)7-14(17(35-15)21(23,24)25)18(27)33-12(3)34-19(28)31-8-20(4,5)9-32-26(29)30/h6-7,12,17H,8-9H2,1-5H3/t12?,17-/m0/s1. The van der Waals surface area contributed by atoms with E-state index in [-0.39, 0.29) is 24.5 Å². The molecule has 1 unspecified atom stereocenters. The van der Waals surface area contributed by atoms with Gasteiger partial charge in [0.05, 0.1) is 5.57 Å². The van der Waals surface area contributed by atoms with Crippen molar-refractivity contribution in [2.75, 3.05) is 13.2 Å². The van der Waals surface area contributed by atoms with Gasteiger partial charge in [0.1, 0.15) is 19.0 Å². The number of benzene rings is 1. The van der Waals surface area contributed by atoms with Crippen LogP contribution in [0.1, 0.15) is 37.5 Å². The highest BCUT2D eigenvalue weighted by Crippen LogP contribution is 2.41. The maximum atomic E-state index is 13.6. The normalized spacial score (nSPS) is 16.3. The van der Waals surface area contributed by atoms with Crippen LogP contribution in [-0.2, 0) is 23.8 Å². The van der Waals surface area contributed by atoms with E-state index < -0.39 is 46.8 Å². The third kappa shape index (κ3) is 7.38. The minimum absolute atomic E-state index is 0.0974. The monoisotopic (exact) mass is 525 g/mol. The molecule has 0 fully saturated rings. The lowest BCUT2D eigenvalue weighted by molar-refractivity contribution is -0.760. The molecule has 194 valence electrons. The number of carbonyl (C=O) groups is 2. The number of hydrogen-bond donors (Lipinski definition) is 0. The van der Waals surface area contributed by atoms with Gasteiger partial charge >= 0.3 is 18.3 Å². The average Bonchev–Trinajstić information content (AvgIpc) is 2.73. The van der Waals surface area contributed by atoms with Crippen LogP contribution >= 0.6 is 11.6 Å². The first-order chi connectivity index (χ1) is 16.0. The molecule has 35 heavy (non-hydrogen) atoms. The Balaban J connectivity index is 2.11. The van der Waals surface area contributed by atoms with Crippen LogP contribution in [0.3, 0.4) is 0 Å². The van der Waals surface area contributed by atoms with Crippen molar-refractivity contribution >= 4 is 29.8 Å². The SMILES string of the molecule is Cc1cc2c(c(C)c1Cl)C=C(C(=O)OC(C)OC(=O)OCC(C)(C)CO[N+](=O)[O-])[C@@H](C(F)(F)F)O2. The zero-order chi connectivity index (χ0) is 26.7. The van der Waals surface area contributed by atoms with Gasteiger partial charge in [0.25, 0.3) is 5.09 Å². The van der Waals surface area contributed by atoms with E-state index >= 15 is 0 Å². The Labute approximate surface area is 203 Å². The number of rotatable bonds is 8. The lowest BCUT2D eigenvalue weighted by Gasteiger charge is -2.29. The number of hydrogen-bond acceptors (Lipinski definition) is 9. The van der Waals surface area contributed by atoms with Crippen LogP contribution in [0.4, 0.5) is 18.0 Å². The van der Waals surface area contributed by atoms with Crippen LogP contribution in [0, 0.1) is 29.4 Å². The molecular weight excluding hydrogens is 503 g/mol. The highest BCUT2D eigenvalue weighted by Gasteiger charge is 2.49. The Morgan fingerprint density at radius 2 is 1.86 bits per heavy atom. The summed E-state index contributed by atoms with van der Waals surface area (Å²) in [6.45, 7) is 6.53. The summed E-state index contributed by atoms with van der Waals surface area (Å²) in [5, 5.41) is 9.57. The lowest BCUT2D eigenvalue weighted by atomic mass is 9.96. The second-order valence-electron chi connectivity index (χ2n) is 8.47. The summed E-state index contributed by atoms with van der Waals surface area (Å²) in [6.07, 6.45) is -9.55. The quantitative estimate of drug-likeness (QED) is 0.201. The summed E-state index contributed by atoms with van der Waals surface area (Å²) in [6, 6.07) is 1.34. The van der Waals surface area contributed by atoms with E-state index in [0.29, 0.717) is 16.1 Å². The topological polar surface area (TPSA) is 123 Å². The molecule has 1 aliphatic rings. The van der Waals surface area contributed by atoms with Gasteiger partial charge in [0.15, 0.2) is 0 Å². The molecular formula is C21H23ClF3NO9. The molecule has 2 atom stereocenters. The summed E-state index contributed by atoms with van der Waals surface area (Å²) in [4.78, 5) is 38.9. The summed E-state index contributed by atoms with van der Waals surface area (Å²) >= 11 is 6.17. The molecule has 0 N–H and O–H groups in total. The van der Waals surface area contributed by atoms with Crippen LogP contribution in [0.2, 0.25) is 5.02 Å². The van der Waals surface area contributed by atoms with Crippen LogP contribution < -0.4 is 4.74 Å². The van der Waals surface area contributed by atoms with E-state index in [1.807, 2.05) is 0 Å². The number of ether oxygens (including phenoxy) is 4. The molecule has 0 amide bonds. The molecule has 0 spiro atoms. The Morgan fingerprint density at radius 1 is 1.23 bits per heavy atom. The largest absolute Gasteiger partial charge is 0.511 e.